The molecule has 4 aromatic carbocycles. The molecule has 7 aromatic rings. The van der Waals surface area contributed by atoms with Crippen LogP contribution in [0.2, 0.25) is 0 Å². The van der Waals surface area contributed by atoms with E-state index in [9.17, 15) is 37.1 Å². The zero-order chi connectivity index (χ0) is 53.4. The molecule has 0 radical (unpaired) electrons. The maximum Gasteiger partial charge on any atom is 0.498 e. The zero-order valence-corrected chi connectivity index (χ0v) is 42.3. The standard InChI is InChI=1S/C28H30F2N6O5.C23H27BF2N2O5/c1-17-14-34(10-11-35(17)23(38)16-37)28-31-12-19(13-32-28)20-8-9-21-24(25(20)40-3)36(33(2)26(21)39)15-18-6-4-5-7-22(18)41-27(29)30;1-22(2)23(3,4)33-24(32-22)16-12-11-15-18(19(16)30-6)28(27(5)20(15)29)13-14-9-7-8-10-17(14)31-21(25)26/h4-9,12-13,17,27,37H,10-11,14-16H2,1-3H3;7-12,21H,13H2,1-6H3/t17-;/m1./s1. The summed E-state index contributed by atoms with van der Waals surface area (Å²) in [6.45, 7) is 4.95. The first-order valence-corrected chi connectivity index (χ1v) is 23.6. The molecule has 9 rings (SSSR count). The number of methoxy groups -OCH3 is 2. The predicted octanol–water partition coefficient (Wildman–Crippen LogP) is 5.78. The Kier molecular flexibility index (Phi) is 15.2. The number of carbonyl (C=O) groups is 1. The van der Waals surface area contributed by atoms with Crippen molar-refractivity contribution in [2.75, 3.05) is 45.4 Å². The van der Waals surface area contributed by atoms with Crippen LogP contribution in [0.1, 0.15) is 45.7 Å². The van der Waals surface area contributed by atoms with Gasteiger partial charge in [-0.1, -0.05) is 42.5 Å². The van der Waals surface area contributed by atoms with Crippen LogP contribution in [0.4, 0.5) is 23.5 Å². The Labute approximate surface area is 423 Å². The van der Waals surface area contributed by atoms with Gasteiger partial charge in [0, 0.05) is 79.9 Å². The minimum absolute atomic E-state index is 0.0202. The molecule has 0 spiro atoms. The van der Waals surface area contributed by atoms with E-state index in [1.807, 2.05) is 39.5 Å². The first-order valence-electron chi connectivity index (χ1n) is 23.6. The fourth-order valence-electron chi connectivity index (χ4n) is 9.30. The molecule has 1 N–H and O–H groups in total. The molecule has 0 bridgehead atoms. The molecule has 2 saturated heterocycles. The number of rotatable bonds is 14. The average molecular weight is 1030 g/mol. The van der Waals surface area contributed by atoms with Crippen LogP contribution in [-0.4, -0.2) is 123 Å². The van der Waals surface area contributed by atoms with Gasteiger partial charge in [-0.05, 0) is 65.0 Å². The molecule has 2 aliphatic heterocycles. The predicted molar refractivity (Wildman–Crippen MR) is 269 cm³/mol. The van der Waals surface area contributed by atoms with Crippen LogP contribution in [0.15, 0.2) is 94.8 Å². The van der Waals surface area contributed by atoms with Gasteiger partial charge in [-0.2, -0.15) is 17.6 Å². The van der Waals surface area contributed by atoms with E-state index in [0.717, 1.165) is 0 Å². The van der Waals surface area contributed by atoms with E-state index >= 15 is 0 Å². The largest absolute Gasteiger partial charge is 0.498 e. The van der Waals surface area contributed by atoms with Gasteiger partial charge in [-0.3, -0.25) is 33.1 Å². The monoisotopic (exact) mass is 1030 g/mol. The lowest BCUT2D eigenvalue weighted by Gasteiger charge is -2.39. The number of piperazine rings is 1. The number of ether oxygens (including phenoxy) is 4. The number of anilines is 1. The third kappa shape index (κ3) is 10.1. The molecule has 0 unspecified atom stereocenters. The van der Waals surface area contributed by atoms with Crippen LogP contribution in [0, 0.1) is 0 Å². The maximum atomic E-state index is 13.1. The summed E-state index contributed by atoms with van der Waals surface area (Å²) < 4.78 is 91.4. The molecular weight excluding hydrogens is 971 g/mol. The molecule has 2 fully saturated rings. The molecule has 18 nitrogen and oxygen atoms in total. The molecular formula is C51H57BF4N8O10. The Morgan fingerprint density at radius 2 is 1.23 bits per heavy atom. The maximum absolute atomic E-state index is 13.1. The first-order chi connectivity index (χ1) is 35.2. The Morgan fingerprint density at radius 1 is 0.743 bits per heavy atom. The summed E-state index contributed by atoms with van der Waals surface area (Å²) in [7, 11) is 5.53. The first kappa shape index (κ1) is 52.9. The molecule has 1 amide bonds. The minimum atomic E-state index is -2.99. The summed E-state index contributed by atoms with van der Waals surface area (Å²) in [4.78, 5) is 50.8. The normalized spacial score (nSPS) is 16.3. The Balaban J connectivity index is 0.000000202. The molecule has 2 aliphatic rings. The number of hydrogen-bond donors (Lipinski definition) is 1. The number of nitrogens with zero attached hydrogens (tertiary/aromatic N) is 8. The number of carbonyl (C=O) groups excluding carboxylic acids is 1. The highest BCUT2D eigenvalue weighted by molar-refractivity contribution is 6.63. The van der Waals surface area contributed by atoms with E-state index in [0.29, 0.717) is 86.6 Å². The van der Waals surface area contributed by atoms with Crippen LogP contribution < -0.4 is 40.4 Å². The highest BCUT2D eigenvalue weighted by atomic mass is 19.3. The highest BCUT2D eigenvalue weighted by Gasteiger charge is 2.53. The van der Waals surface area contributed by atoms with Crippen LogP contribution in [-0.2, 0) is 41.3 Å². The molecule has 23 heteroatoms. The van der Waals surface area contributed by atoms with E-state index in [1.54, 1.807) is 101 Å². The van der Waals surface area contributed by atoms with Gasteiger partial charge in [0.2, 0.25) is 11.9 Å². The molecule has 392 valence electrons. The second-order valence-corrected chi connectivity index (χ2v) is 18.8. The number of amides is 1. The number of aromatic nitrogens is 6. The second kappa shape index (κ2) is 21.2. The fraction of sp³-hybridized carbons (Fsp3) is 0.392. The smallest absolute Gasteiger partial charge is 0.495 e. The lowest BCUT2D eigenvalue weighted by molar-refractivity contribution is -0.136. The summed E-state index contributed by atoms with van der Waals surface area (Å²) in [6.07, 6.45) is 3.33. The fourth-order valence-corrected chi connectivity index (χ4v) is 9.30. The summed E-state index contributed by atoms with van der Waals surface area (Å²) in [5, 5.41) is 10.0. The van der Waals surface area contributed by atoms with E-state index in [4.69, 9.17) is 23.5 Å². The number of para-hydroxylation sites is 2. The third-order valence-electron chi connectivity index (χ3n) is 13.8. The number of fused-ring (bicyclic) bond motifs is 2. The van der Waals surface area contributed by atoms with Crippen molar-refractivity contribution in [3.63, 3.8) is 0 Å². The lowest BCUT2D eigenvalue weighted by atomic mass is 9.78. The lowest BCUT2D eigenvalue weighted by Crippen LogP contribution is -2.55. The average Bonchev–Trinajstić information content (AvgIpc) is 3.86. The number of benzene rings is 4. The van der Waals surface area contributed by atoms with Gasteiger partial charge in [0.05, 0.1) is 49.3 Å². The van der Waals surface area contributed by atoms with Gasteiger partial charge in [0.25, 0.3) is 11.1 Å². The van der Waals surface area contributed by atoms with Crippen molar-refractivity contribution in [3.05, 3.63) is 117 Å². The van der Waals surface area contributed by atoms with E-state index in [-0.39, 0.29) is 47.7 Å². The number of hydrogen-bond acceptors (Lipinski definition) is 13. The van der Waals surface area contributed by atoms with Crippen LogP contribution in [0.5, 0.6) is 23.0 Å². The SMILES string of the molecule is COc1c(-c2cnc(N3CCN(C(=O)CO)[C@H](C)C3)nc2)ccc2c(=O)n(C)n(Cc3ccccc3OC(F)F)c12.COc1c(B2OC(C)(C)C(C)(C)O2)ccc2c(=O)n(C)n(Cc3ccccc3OC(F)F)c12. The highest BCUT2D eigenvalue weighted by Crippen LogP contribution is 2.39. The van der Waals surface area contributed by atoms with E-state index in [2.05, 4.69) is 14.7 Å². The van der Waals surface area contributed by atoms with Crippen LogP contribution in [0.3, 0.4) is 0 Å². The van der Waals surface area contributed by atoms with E-state index in [1.165, 1.54) is 35.7 Å². The van der Waals surface area contributed by atoms with Crippen molar-refractivity contribution in [3.8, 4) is 34.1 Å². The van der Waals surface area contributed by atoms with Gasteiger partial charge in [0.1, 0.15) is 34.9 Å². The molecule has 1 atom stereocenters. The molecule has 0 saturated carbocycles. The molecule has 0 aliphatic carbocycles. The Hall–Kier alpha value is -7.37. The van der Waals surface area contributed by atoms with Crippen molar-refractivity contribution >= 4 is 46.2 Å². The van der Waals surface area contributed by atoms with Gasteiger partial charge >= 0.3 is 20.3 Å². The summed E-state index contributed by atoms with van der Waals surface area (Å²) in [6, 6.07) is 19.8. The molecule has 3 aromatic heterocycles. The summed E-state index contributed by atoms with van der Waals surface area (Å²) >= 11 is 0. The second-order valence-electron chi connectivity index (χ2n) is 18.8. The summed E-state index contributed by atoms with van der Waals surface area (Å²) in [5.74, 6) is 1.10. The van der Waals surface area contributed by atoms with Crippen molar-refractivity contribution in [1.82, 2.24) is 33.6 Å². The minimum Gasteiger partial charge on any atom is -0.495 e. The zero-order valence-electron chi connectivity index (χ0n) is 42.3. The van der Waals surface area contributed by atoms with Crippen molar-refractivity contribution in [2.45, 2.75) is 78.2 Å². The number of aliphatic hydroxyl groups is 1. The number of alkyl halides is 4. The van der Waals surface area contributed by atoms with Gasteiger partial charge in [0.15, 0.2) is 5.75 Å². The third-order valence-corrected chi connectivity index (χ3v) is 13.8. The van der Waals surface area contributed by atoms with Gasteiger partial charge in [-0.15, -0.1) is 0 Å². The van der Waals surface area contributed by atoms with Crippen LogP contribution >= 0.6 is 0 Å². The Morgan fingerprint density at radius 3 is 1.70 bits per heavy atom. The summed E-state index contributed by atoms with van der Waals surface area (Å²) in [5.41, 5.74) is 2.29. The van der Waals surface area contributed by atoms with E-state index < -0.39 is 38.2 Å². The number of aliphatic hydroxyl groups excluding tert-OH is 1. The quantitative estimate of drug-likeness (QED) is 0.103. The van der Waals surface area contributed by atoms with Crippen LogP contribution in [0.25, 0.3) is 32.9 Å². The topological polar surface area (TPSA) is 179 Å². The molecule has 74 heavy (non-hydrogen) atoms. The number of halogens is 4. The Bertz CT molecular complexity index is 3290. The molecule has 5 heterocycles. The van der Waals surface area contributed by atoms with Gasteiger partial charge in [-0.25, -0.2) is 9.97 Å². The van der Waals surface area contributed by atoms with Gasteiger partial charge < -0.3 is 43.2 Å². The van der Waals surface area contributed by atoms with Crippen molar-refractivity contribution in [2.24, 2.45) is 14.1 Å². The van der Waals surface area contributed by atoms with Crippen molar-refractivity contribution < 1.29 is 55.7 Å². The van der Waals surface area contributed by atoms with Crippen molar-refractivity contribution in [1.29, 1.82) is 0 Å².